The van der Waals surface area contributed by atoms with Crippen molar-refractivity contribution < 1.29 is 9.47 Å². The second-order valence-corrected chi connectivity index (χ2v) is 6.98. The summed E-state index contributed by atoms with van der Waals surface area (Å²) in [5.41, 5.74) is 9.00. The van der Waals surface area contributed by atoms with Gasteiger partial charge in [-0.1, -0.05) is 12.1 Å². The summed E-state index contributed by atoms with van der Waals surface area (Å²) < 4.78 is 12.7. The van der Waals surface area contributed by atoms with Crippen LogP contribution in [0.15, 0.2) is 55.0 Å². The molecule has 0 saturated carbocycles. The fourth-order valence-electron chi connectivity index (χ4n) is 3.65. The van der Waals surface area contributed by atoms with Crippen LogP contribution in [0.2, 0.25) is 0 Å². The highest BCUT2D eigenvalue weighted by Gasteiger charge is 2.29. The van der Waals surface area contributed by atoms with Gasteiger partial charge in [0.1, 0.15) is 0 Å². The van der Waals surface area contributed by atoms with Gasteiger partial charge in [-0.25, -0.2) is 15.1 Å². The molecule has 144 valence electrons. The van der Waals surface area contributed by atoms with E-state index in [0.29, 0.717) is 12.7 Å². The van der Waals surface area contributed by atoms with Crippen molar-refractivity contribution in [1.29, 1.82) is 0 Å². The number of pyridine rings is 1. The summed E-state index contributed by atoms with van der Waals surface area (Å²) in [6.07, 6.45) is 5.53. The van der Waals surface area contributed by atoms with Gasteiger partial charge in [0.2, 0.25) is 6.79 Å². The average Bonchev–Trinajstić information content (AvgIpc) is 3.49. The first-order valence-electron chi connectivity index (χ1n) is 9.40. The minimum atomic E-state index is 0.224. The lowest BCUT2D eigenvalue weighted by Gasteiger charge is -2.19. The Morgan fingerprint density at radius 1 is 1.18 bits per heavy atom. The molecule has 0 spiro atoms. The number of hydrazine groups is 1. The first-order chi connectivity index (χ1) is 13.9. The molecule has 1 aromatic carbocycles. The van der Waals surface area contributed by atoms with Gasteiger partial charge in [0.15, 0.2) is 17.3 Å². The first kappa shape index (κ1) is 17.2. The Labute approximate surface area is 162 Å². The largest absolute Gasteiger partial charge is 0.454 e. The van der Waals surface area contributed by atoms with E-state index in [2.05, 4.69) is 44.5 Å². The van der Waals surface area contributed by atoms with Crippen molar-refractivity contribution in [2.45, 2.75) is 12.6 Å². The fraction of sp³-hybridized carbons (Fsp3) is 0.300. The molecule has 8 heteroatoms. The Morgan fingerprint density at radius 3 is 3.00 bits per heavy atom. The van der Waals surface area contributed by atoms with Crippen LogP contribution >= 0.6 is 0 Å². The smallest absolute Gasteiger partial charge is 0.231 e. The van der Waals surface area contributed by atoms with Crippen molar-refractivity contribution in [2.24, 2.45) is 5.92 Å². The number of benzene rings is 1. The number of nitrogens with one attached hydrogen (secondary N) is 3. The standard InChI is InChI=1S/C20H22N6O2/c1-6-24-26(7-1)19-5-2-14(10-22-19)9-21-11-16-12-23-25-20(16)15-3-4-17-18(8-15)28-13-27-17/h1-8,10,16,20-21,23,25H,9,11-13H2. The van der Waals surface area contributed by atoms with Crippen molar-refractivity contribution in [3.8, 4) is 17.3 Å². The van der Waals surface area contributed by atoms with E-state index in [1.165, 1.54) is 5.56 Å². The van der Waals surface area contributed by atoms with Crippen LogP contribution in [0.4, 0.5) is 0 Å². The van der Waals surface area contributed by atoms with E-state index in [9.17, 15) is 0 Å². The molecule has 2 unspecified atom stereocenters. The summed E-state index contributed by atoms with van der Waals surface area (Å²) in [5, 5.41) is 7.75. The molecule has 1 saturated heterocycles. The molecule has 0 bridgehead atoms. The number of rotatable bonds is 6. The van der Waals surface area contributed by atoms with Crippen molar-refractivity contribution >= 4 is 0 Å². The third-order valence-corrected chi connectivity index (χ3v) is 5.13. The number of fused-ring (bicyclic) bond motifs is 1. The number of hydrogen-bond donors (Lipinski definition) is 3. The van der Waals surface area contributed by atoms with Gasteiger partial charge in [0.25, 0.3) is 0 Å². The monoisotopic (exact) mass is 378 g/mol. The second kappa shape index (κ2) is 7.59. The van der Waals surface area contributed by atoms with Crippen molar-refractivity contribution in [3.05, 3.63) is 66.1 Å². The van der Waals surface area contributed by atoms with E-state index in [-0.39, 0.29) is 6.04 Å². The molecule has 0 amide bonds. The highest BCUT2D eigenvalue weighted by atomic mass is 16.7. The van der Waals surface area contributed by atoms with Crippen molar-refractivity contribution in [3.63, 3.8) is 0 Å². The average molecular weight is 378 g/mol. The summed E-state index contributed by atoms with van der Waals surface area (Å²) in [4.78, 5) is 4.48. The Bertz CT molecular complexity index is 928. The maximum Gasteiger partial charge on any atom is 0.231 e. The molecule has 4 heterocycles. The number of hydrogen-bond acceptors (Lipinski definition) is 7. The normalized spacial score (nSPS) is 20.6. The summed E-state index contributed by atoms with van der Waals surface area (Å²) >= 11 is 0. The lowest BCUT2D eigenvalue weighted by atomic mass is 9.94. The Balaban J connectivity index is 1.18. The zero-order valence-electron chi connectivity index (χ0n) is 15.3. The molecule has 2 atom stereocenters. The van der Waals surface area contributed by atoms with Crippen LogP contribution in [0.3, 0.4) is 0 Å². The third kappa shape index (κ3) is 3.45. The molecule has 0 aliphatic carbocycles. The maximum absolute atomic E-state index is 5.51. The van der Waals surface area contributed by atoms with Gasteiger partial charge in [-0.05, 0) is 35.4 Å². The fourth-order valence-corrected chi connectivity index (χ4v) is 3.65. The Hall–Kier alpha value is -2.94. The topological polar surface area (TPSA) is 85.3 Å². The van der Waals surface area contributed by atoms with Crippen LogP contribution in [0, 0.1) is 5.92 Å². The molecule has 8 nitrogen and oxygen atoms in total. The molecule has 3 aromatic rings. The number of aromatic nitrogens is 3. The van der Waals surface area contributed by atoms with Gasteiger partial charge >= 0.3 is 0 Å². The van der Waals surface area contributed by atoms with Crippen LogP contribution in [-0.4, -0.2) is 34.6 Å². The predicted octanol–water partition coefficient (Wildman–Crippen LogP) is 1.55. The maximum atomic E-state index is 5.51. The van der Waals surface area contributed by atoms with Gasteiger partial charge in [-0.3, -0.25) is 5.43 Å². The highest BCUT2D eigenvalue weighted by Crippen LogP contribution is 2.36. The Kier molecular flexibility index (Phi) is 4.66. The van der Waals surface area contributed by atoms with Crippen LogP contribution in [0.1, 0.15) is 17.2 Å². The molecule has 1 fully saturated rings. The molecule has 5 rings (SSSR count). The molecule has 0 radical (unpaired) electrons. The third-order valence-electron chi connectivity index (χ3n) is 5.13. The molecule has 2 aliphatic rings. The van der Waals surface area contributed by atoms with Gasteiger partial charge in [-0.2, -0.15) is 5.10 Å². The van der Waals surface area contributed by atoms with E-state index in [1.807, 2.05) is 30.6 Å². The van der Waals surface area contributed by atoms with E-state index in [0.717, 1.165) is 42.5 Å². The predicted molar refractivity (Wildman–Crippen MR) is 103 cm³/mol. The molecule has 28 heavy (non-hydrogen) atoms. The lowest BCUT2D eigenvalue weighted by molar-refractivity contribution is 0.174. The SMILES string of the molecule is c1cnn(-c2ccc(CNCC3CNNC3c3ccc4c(c3)OCO4)cn2)c1. The van der Waals surface area contributed by atoms with Gasteiger partial charge in [0.05, 0.1) is 6.04 Å². The van der Waals surface area contributed by atoms with Gasteiger partial charge in [-0.15, -0.1) is 0 Å². The van der Waals surface area contributed by atoms with Crippen molar-refractivity contribution in [1.82, 2.24) is 30.9 Å². The summed E-state index contributed by atoms with van der Waals surface area (Å²) in [6.45, 7) is 2.87. The molecule has 3 N–H and O–H groups in total. The molecule has 2 aromatic heterocycles. The molecule has 2 aliphatic heterocycles. The lowest BCUT2D eigenvalue weighted by Crippen LogP contribution is -2.28. The van der Waals surface area contributed by atoms with E-state index < -0.39 is 0 Å². The van der Waals surface area contributed by atoms with E-state index in [4.69, 9.17) is 9.47 Å². The van der Waals surface area contributed by atoms with E-state index in [1.54, 1.807) is 10.9 Å². The minimum absolute atomic E-state index is 0.224. The quantitative estimate of drug-likeness (QED) is 0.600. The highest BCUT2D eigenvalue weighted by molar-refractivity contribution is 5.45. The number of nitrogens with zero attached hydrogens (tertiary/aromatic N) is 3. The zero-order chi connectivity index (χ0) is 18.8. The Morgan fingerprint density at radius 2 is 2.14 bits per heavy atom. The molecular weight excluding hydrogens is 356 g/mol. The van der Waals surface area contributed by atoms with Gasteiger partial charge in [0, 0.05) is 44.1 Å². The summed E-state index contributed by atoms with van der Waals surface area (Å²) in [6, 6.07) is 12.3. The van der Waals surface area contributed by atoms with Crippen molar-refractivity contribution in [2.75, 3.05) is 19.9 Å². The summed E-state index contributed by atoms with van der Waals surface area (Å²) in [7, 11) is 0. The zero-order valence-corrected chi connectivity index (χ0v) is 15.3. The first-order valence-corrected chi connectivity index (χ1v) is 9.40. The minimum Gasteiger partial charge on any atom is -0.454 e. The van der Waals surface area contributed by atoms with Crippen LogP contribution in [0.5, 0.6) is 11.5 Å². The van der Waals surface area contributed by atoms with Gasteiger partial charge < -0.3 is 14.8 Å². The number of ether oxygens (including phenoxy) is 2. The van der Waals surface area contributed by atoms with Crippen LogP contribution in [0.25, 0.3) is 5.82 Å². The second-order valence-electron chi connectivity index (χ2n) is 6.98. The van der Waals surface area contributed by atoms with Crippen LogP contribution in [-0.2, 0) is 6.54 Å². The summed E-state index contributed by atoms with van der Waals surface area (Å²) in [5.74, 6) is 2.88. The van der Waals surface area contributed by atoms with Crippen LogP contribution < -0.4 is 25.6 Å². The van der Waals surface area contributed by atoms with E-state index >= 15 is 0 Å². The molecular formula is C20H22N6O2.